The van der Waals surface area contributed by atoms with Crippen LogP contribution in [0, 0.1) is 0 Å². The second-order valence-corrected chi connectivity index (χ2v) is 5.40. The molecule has 0 saturated heterocycles. The van der Waals surface area contributed by atoms with E-state index in [1.807, 2.05) is 0 Å². The molecule has 0 saturated carbocycles. The molecule has 3 heteroatoms. The fraction of sp³-hybridized carbons (Fsp3) is 0.667. The molecule has 0 aromatic heterocycles. The molecule has 1 aromatic rings. The van der Waals surface area contributed by atoms with Crippen LogP contribution in [0.2, 0.25) is 0 Å². The highest BCUT2D eigenvalue weighted by atomic mass is 16.9. The number of rotatable bonds is 12. The van der Waals surface area contributed by atoms with E-state index in [0.29, 0.717) is 0 Å². The minimum Gasteiger partial charge on any atom is -0.331 e. The van der Waals surface area contributed by atoms with Gasteiger partial charge < -0.3 is 14.2 Å². The number of unbranched alkanes of at least 4 members (excludes halogenated alkanes) is 5. The quantitative estimate of drug-likeness (QED) is 0.418. The Morgan fingerprint density at radius 3 is 1.81 bits per heavy atom. The largest absolute Gasteiger partial charge is 0.331 e. The fourth-order valence-electron chi connectivity index (χ4n) is 2.58. The zero-order valence-corrected chi connectivity index (χ0v) is 13.8. The molecule has 0 atom stereocenters. The molecule has 21 heavy (non-hydrogen) atoms. The molecular weight excluding hydrogens is 264 g/mol. The first kappa shape index (κ1) is 18.1. The summed E-state index contributed by atoms with van der Waals surface area (Å²) in [6, 6.07) is 10.7. The monoisotopic (exact) mass is 294 g/mol. The predicted octanol–water partition coefficient (Wildman–Crippen LogP) is 4.55. The van der Waals surface area contributed by atoms with Crippen LogP contribution in [-0.4, -0.2) is 27.3 Å². The summed E-state index contributed by atoms with van der Waals surface area (Å²) in [5, 5.41) is 0. The molecule has 0 bridgehead atoms. The second kappa shape index (κ2) is 10.8. The van der Waals surface area contributed by atoms with Crippen molar-refractivity contribution < 1.29 is 14.2 Å². The molecule has 0 spiro atoms. The molecule has 0 aliphatic rings. The lowest BCUT2D eigenvalue weighted by Gasteiger charge is -2.28. The van der Waals surface area contributed by atoms with Crippen LogP contribution in [0.25, 0.3) is 0 Å². The minimum absolute atomic E-state index is 0.778. The van der Waals surface area contributed by atoms with Crippen molar-refractivity contribution in [3.63, 3.8) is 0 Å². The van der Waals surface area contributed by atoms with Crippen LogP contribution in [0.4, 0.5) is 0 Å². The molecule has 3 nitrogen and oxygen atoms in total. The highest BCUT2D eigenvalue weighted by molar-refractivity contribution is 5.14. The Morgan fingerprint density at radius 1 is 0.714 bits per heavy atom. The maximum atomic E-state index is 5.29. The van der Waals surface area contributed by atoms with Gasteiger partial charge in [0.25, 0.3) is 5.97 Å². The summed E-state index contributed by atoms with van der Waals surface area (Å²) in [4.78, 5) is 0. The average Bonchev–Trinajstić information content (AvgIpc) is 2.55. The van der Waals surface area contributed by atoms with Gasteiger partial charge in [-0.05, 0) is 24.8 Å². The Bertz CT molecular complexity index is 338. The molecule has 1 rings (SSSR count). The van der Waals surface area contributed by atoms with Crippen molar-refractivity contribution >= 4 is 0 Å². The van der Waals surface area contributed by atoms with Gasteiger partial charge in [-0.2, -0.15) is 0 Å². The Morgan fingerprint density at radius 2 is 1.24 bits per heavy atom. The molecule has 0 heterocycles. The summed E-state index contributed by atoms with van der Waals surface area (Å²) >= 11 is 0. The highest BCUT2D eigenvalue weighted by Gasteiger charge is 2.28. The zero-order chi connectivity index (χ0) is 15.4. The van der Waals surface area contributed by atoms with Crippen LogP contribution in [-0.2, 0) is 20.6 Å². The van der Waals surface area contributed by atoms with E-state index in [-0.39, 0.29) is 0 Å². The van der Waals surface area contributed by atoms with Gasteiger partial charge in [-0.15, -0.1) is 0 Å². The normalized spacial score (nSPS) is 11.8. The number of benzene rings is 1. The van der Waals surface area contributed by atoms with Crippen molar-refractivity contribution in [1.82, 2.24) is 0 Å². The maximum absolute atomic E-state index is 5.29. The van der Waals surface area contributed by atoms with Crippen LogP contribution < -0.4 is 0 Å². The van der Waals surface area contributed by atoms with E-state index in [1.54, 1.807) is 21.3 Å². The summed E-state index contributed by atoms with van der Waals surface area (Å²) in [5.41, 5.74) is 1.45. The van der Waals surface area contributed by atoms with Gasteiger partial charge in [0, 0.05) is 27.8 Å². The molecule has 120 valence electrons. The summed E-state index contributed by atoms with van der Waals surface area (Å²) in [6.07, 6.45) is 9.38. The van der Waals surface area contributed by atoms with Gasteiger partial charge >= 0.3 is 0 Å². The van der Waals surface area contributed by atoms with E-state index in [4.69, 9.17) is 14.2 Å². The number of hydrogen-bond donors (Lipinski definition) is 0. The predicted molar refractivity (Wildman–Crippen MR) is 86.2 cm³/mol. The van der Waals surface area contributed by atoms with Gasteiger partial charge in [0.15, 0.2) is 0 Å². The number of hydrogen-bond acceptors (Lipinski definition) is 3. The van der Waals surface area contributed by atoms with Crippen LogP contribution in [0.5, 0.6) is 0 Å². The number of ether oxygens (including phenoxy) is 3. The van der Waals surface area contributed by atoms with Crippen LogP contribution >= 0.6 is 0 Å². The molecule has 0 radical (unpaired) electrons. The Labute approximate surface area is 129 Å². The van der Waals surface area contributed by atoms with E-state index < -0.39 is 5.97 Å². The van der Waals surface area contributed by atoms with E-state index in [1.165, 1.54) is 44.1 Å². The van der Waals surface area contributed by atoms with Gasteiger partial charge in [0.2, 0.25) is 0 Å². The van der Waals surface area contributed by atoms with E-state index >= 15 is 0 Å². The molecule has 0 fully saturated rings. The third kappa shape index (κ3) is 7.07. The smallest absolute Gasteiger partial charge is 0.282 e. The molecule has 0 N–H and O–H groups in total. The Kier molecular flexibility index (Phi) is 9.31. The average molecular weight is 294 g/mol. The molecular formula is C18H30O3. The SMILES string of the molecule is COC(CCCCCCCCc1ccccc1)(OC)OC. The summed E-state index contributed by atoms with van der Waals surface area (Å²) in [6.45, 7) is 0. The third-order valence-electron chi connectivity index (χ3n) is 3.97. The van der Waals surface area contributed by atoms with Gasteiger partial charge in [-0.1, -0.05) is 56.0 Å². The lowest BCUT2D eigenvalue weighted by atomic mass is 10.0. The van der Waals surface area contributed by atoms with Gasteiger partial charge in [0.1, 0.15) is 0 Å². The van der Waals surface area contributed by atoms with Crippen molar-refractivity contribution in [3.8, 4) is 0 Å². The van der Waals surface area contributed by atoms with Crippen molar-refractivity contribution in [2.45, 2.75) is 57.3 Å². The lowest BCUT2D eigenvalue weighted by Crippen LogP contribution is -2.35. The molecule has 0 amide bonds. The molecule has 1 aromatic carbocycles. The second-order valence-electron chi connectivity index (χ2n) is 5.40. The maximum Gasteiger partial charge on any atom is 0.282 e. The van der Waals surface area contributed by atoms with E-state index in [9.17, 15) is 0 Å². The Hall–Kier alpha value is -0.900. The summed E-state index contributed by atoms with van der Waals surface area (Å²) in [7, 11) is 4.86. The van der Waals surface area contributed by atoms with Gasteiger partial charge in [-0.3, -0.25) is 0 Å². The molecule has 0 aliphatic carbocycles. The van der Waals surface area contributed by atoms with Gasteiger partial charge in [0.05, 0.1) is 0 Å². The van der Waals surface area contributed by atoms with Crippen molar-refractivity contribution in [1.29, 1.82) is 0 Å². The van der Waals surface area contributed by atoms with Crippen LogP contribution in [0.15, 0.2) is 30.3 Å². The number of aryl methyl sites for hydroxylation is 1. The lowest BCUT2D eigenvalue weighted by molar-refractivity contribution is -0.355. The number of methoxy groups -OCH3 is 3. The van der Waals surface area contributed by atoms with Crippen molar-refractivity contribution in [3.05, 3.63) is 35.9 Å². The first-order valence-corrected chi connectivity index (χ1v) is 7.95. The standard InChI is InChI=1S/C18H30O3/c1-19-18(20-2,21-3)16-12-7-5-4-6-9-13-17-14-10-8-11-15-17/h8,10-11,14-15H,4-7,9,12-13,16H2,1-3H3. The molecule has 0 aliphatic heterocycles. The highest BCUT2D eigenvalue weighted by Crippen LogP contribution is 2.21. The van der Waals surface area contributed by atoms with Crippen molar-refractivity contribution in [2.75, 3.05) is 21.3 Å². The van der Waals surface area contributed by atoms with Gasteiger partial charge in [-0.25, -0.2) is 0 Å². The van der Waals surface area contributed by atoms with Crippen LogP contribution in [0.3, 0.4) is 0 Å². The summed E-state index contributed by atoms with van der Waals surface area (Å²) in [5.74, 6) is -0.854. The van der Waals surface area contributed by atoms with E-state index in [2.05, 4.69) is 30.3 Å². The third-order valence-corrected chi connectivity index (χ3v) is 3.97. The first-order chi connectivity index (χ1) is 10.3. The Balaban J connectivity index is 2.00. The van der Waals surface area contributed by atoms with Crippen LogP contribution in [0.1, 0.15) is 50.5 Å². The minimum atomic E-state index is -0.854. The topological polar surface area (TPSA) is 27.7 Å². The fourth-order valence-corrected chi connectivity index (χ4v) is 2.58. The summed E-state index contributed by atoms with van der Waals surface area (Å²) < 4.78 is 15.9. The first-order valence-electron chi connectivity index (χ1n) is 7.95. The van der Waals surface area contributed by atoms with Crippen molar-refractivity contribution in [2.24, 2.45) is 0 Å². The zero-order valence-electron chi connectivity index (χ0n) is 13.8. The van der Waals surface area contributed by atoms with E-state index in [0.717, 1.165) is 12.8 Å². The molecule has 0 unspecified atom stereocenters.